The highest BCUT2D eigenvalue weighted by Gasteiger charge is 2.21. The third-order valence-electron chi connectivity index (χ3n) is 4.18. The Morgan fingerprint density at radius 3 is 2.52 bits per heavy atom. The van der Waals surface area contributed by atoms with Crippen molar-refractivity contribution in [3.05, 3.63) is 87.5 Å². The van der Waals surface area contributed by atoms with Crippen molar-refractivity contribution in [2.45, 2.75) is 0 Å². The van der Waals surface area contributed by atoms with Crippen molar-refractivity contribution in [3.63, 3.8) is 0 Å². The van der Waals surface area contributed by atoms with Crippen LogP contribution < -0.4 is 25.8 Å². The van der Waals surface area contributed by atoms with Crippen molar-refractivity contribution in [1.29, 1.82) is 0 Å². The molecule has 2 heterocycles. The average Bonchev–Trinajstić information content (AvgIpc) is 3.11. The number of nitrogens with one attached hydrogen (secondary N) is 1. The molecule has 1 aliphatic rings. The number of hydrogen-bond acceptors (Lipinski definition) is 3. The molecule has 0 saturated carbocycles. The lowest BCUT2D eigenvalue weighted by atomic mass is 10.3. The Morgan fingerprint density at radius 2 is 1.76 bits per heavy atom. The molecule has 124 valence electrons. The third kappa shape index (κ3) is 2.55. The fourth-order valence-electron chi connectivity index (χ4n) is 2.85. The fraction of sp³-hybridized carbons (Fsp3) is 0.0500. The van der Waals surface area contributed by atoms with Gasteiger partial charge in [-0.3, -0.25) is 9.89 Å². The molecule has 0 saturated heterocycles. The summed E-state index contributed by atoms with van der Waals surface area (Å²) in [5.41, 5.74) is 1.62. The van der Waals surface area contributed by atoms with Gasteiger partial charge < -0.3 is 9.64 Å². The maximum atomic E-state index is 12.7. The summed E-state index contributed by atoms with van der Waals surface area (Å²) in [6, 6.07) is 17.2. The first-order valence-electron chi connectivity index (χ1n) is 7.93. The molecule has 2 aromatic carbocycles. The van der Waals surface area contributed by atoms with Gasteiger partial charge in [-0.2, -0.15) is 0 Å². The van der Waals surface area contributed by atoms with Crippen molar-refractivity contribution >= 4 is 18.3 Å². The van der Waals surface area contributed by atoms with E-state index in [4.69, 9.17) is 4.74 Å². The third-order valence-corrected chi connectivity index (χ3v) is 4.18. The molecule has 25 heavy (non-hydrogen) atoms. The zero-order valence-corrected chi connectivity index (χ0v) is 13.8. The van der Waals surface area contributed by atoms with E-state index in [1.165, 1.54) is 4.68 Å². The van der Waals surface area contributed by atoms with Crippen LogP contribution in [-0.4, -0.2) is 16.8 Å². The van der Waals surface area contributed by atoms with E-state index in [2.05, 4.69) is 11.7 Å². The molecule has 1 aliphatic heterocycles. The van der Waals surface area contributed by atoms with E-state index < -0.39 is 0 Å². The van der Waals surface area contributed by atoms with Crippen LogP contribution in [0.5, 0.6) is 5.75 Å². The largest absolute Gasteiger partial charge is 0.439 e. The predicted octanol–water partition coefficient (Wildman–Crippen LogP) is 1.73. The van der Waals surface area contributed by atoms with Gasteiger partial charge >= 0.3 is 0 Å². The van der Waals surface area contributed by atoms with Gasteiger partial charge in [0.25, 0.3) is 5.56 Å². The number of allylic oxidation sites excluding steroid dienone is 1. The topological polar surface area (TPSA) is 50.3 Å². The number of hydrogen-bond donors (Lipinski definition) is 1. The number of benzene rings is 2. The summed E-state index contributed by atoms with van der Waals surface area (Å²) in [7, 11) is 1.93. The minimum atomic E-state index is -0.147. The van der Waals surface area contributed by atoms with Crippen molar-refractivity contribution in [2.24, 2.45) is 0 Å². The average molecular weight is 331 g/mol. The van der Waals surface area contributed by atoms with Crippen LogP contribution in [0.2, 0.25) is 0 Å². The van der Waals surface area contributed by atoms with Crippen molar-refractivity contribution in [2.75, 3.05) is 11.9 Å². The Balaban J connectivity index is 1.76. The number of ether oxygens (including phenoxy) is 1. The summed E-state index contributed by atoms with van der Waals surface area (Å²) in [6.07, 6.45) is 3.52. The minimum absolute atomic E-state index is 0.147. The van der Waals surface area contributed by atoms with Crippen LogP contribution >= 0.6 is 0 Å². The minimum Gasteiger partial charge on any atom is -0.439 e. The van der Waals surface area contributed by atoms with Crippen molar-refractivity contribution in [3.8, 4) is 11.4 Å². The van der Waals surface area contributed by atoms with E-state index in [-0.39, 0.29) is 5.56 Å². The Hall–Kier alpha value is -3.47. The number of anilines is 1. The fourth-order valence-corrected chi connectivity index (χ4v) is 2.85. The van der Waals surface area contributed by atoms with Gasteiger partial charge in [-0.15, -0.1) is 0 Å². The molecule has 1 aromatic heterocycles. The van der Waals surface area contributed by atoms with Gasteiger partial charge in [0.1, 0.15) is 0 Å². The van der Waals surface area contributed by atoms with Gasteiger partial charge in [-0.05, 0) is 36.4 Å². The summed E-state index contributed by atoms with van der Waals surface area (Å²) in [5.74, 6) is 1.46. The smallest absolute Gasteiger partial charge is 0.279 e. The zero-order chi connectivity index (χ0) is 17.4. The highest BCUT2D eigenvalue weighted by Crippen LogP contribution is 2.37. The van der Waals surface area contributed by atoms with Crippen LogP contribution in [0.4, 0.5) is 5.69 Å². The molecule has 0 aliphatic carbocycles. The Morgan fingerprint density at radius 1 is 1.04 bits per heavy atom. The van der Waals surface area contributed by atoms with Crippen molar-refractivity contribution < 1.29 is 4.74 Å². The van der Waals surface area contributed by atoms with Gasteiger partial charge in [0.15, 0.2) is 11.6 Å². The van der Waals surface area contributed by atoms with Crippen LogP contribution in [0.25, 0.3) is 18.3 Å². The number of aromatic amines is 1. The van der Waals surface area contributed by atoms with E-state index in [0.717, 1.165) is 17.1 Å². The quantitative estimate of drug-likeness (QED) is 0.778. The van der Waals surface area contributed by atoms with Gasteiger partial charge in [0, 0.05) is 7.05 Å². The number of H-pyrrole nitrogens is 1. The van der Waals surface area contributed by atoms with Crippen LogP contribution in [0.3, 0.4) is 0 Å². The predicted molar refractivity (Wildman–Crippen MR) is 99.2 cm³/mol. The zero-order valence-electron chi connectivity index (χ0n) is 13.8. The van der Waals surface area contributed by atoms with Crippen LogP contribution in [0, 0.1) is 0 Å². The molecule has 0 bridgehead atoms. The number of fused-ring (bicyclic) bond motifs is 1. The second-order valence-electron chi connectivity index (χ2n) is 5.78. The SMILES string of the molecule is C=c1[nH]n(-c2ccccc2)c(=O)/c1=C\C=C1\Oc2ccccc2N1C. The molecule has 0 fully saturated rings. The van der Waals surface area contributed by atoms with Gasteiger partial charge in [-0.25, -0.2) is 4.68 Å². The number of aromatic nitrogens is 2. The summed E-state index contributed by atoms with van der Waals surface area (Å²) in [6.45, 7) is 3.94. The van der Waals surface area contributed by atoms with E-state index >= 15 is 0 Å². The maximum Gasteiger partial charge on any atom is 0.279 e. The molecule has 3 aromatic rings. The second kappa shape index (κ2) is 5.87. The molecular formula is C20H17N3O2. The van der Waals surface area contributed by atoms with E-state index in [9.17, 15) is 4.79 Å². The second-order valence-corrected chi connectivity index (χ2v) is 5.78. The summed E-state index contributed by atoms with van der Waals surface area (Å²) in [5, 5.41) is 4.07. The Kier molecular flexibility index (Phi) is 3.54. The Labute approximate surface area is 144 Å². The van der Waals surface area contributed by atoms with Crippen molar-refractivity contribution in [1.82, 2.24) is 9.78 Å². The molecule has 5 heteroatoms. The van der Waals surface area contributed by atoms with Gasteiger partial charge in [0.05, 0.1) is 21.9 Å². The first-order valence-corrected chi connectivity index (χ1v) is 7.93. The molecule has 0 atom stereocenters. The first kappa shape index (κ1) is 15.1. The molecular weight excluding hydrogens is 314 g/mol. The molecule has 0 spiro atoms. The van der Waals surface area contributed by atoms with E-state index in [1.54, 1.807) is 12.2 Å². The highest BCUT2D eigenvalue weighted by atomic mass is 16.5. The van der Waals surface area contributed by atoms with Gasteiger partial charge in [0.2, 0.25) is 0 Å². The lowest BCUT2D eigenvalue weighted by molar-refractivity contribution is 0.444. The molecule has 0 amide bonds. The molecule has 0 unspecified atom stereocenters. The molecule has 4 rings (SSSR count). The molecule has 0 radical (unpaired) electrons. The highest BCUT2D eigenvalue weighted by molar-refractivity contribution is 5.66. The van der Waals surface area contributed by atoms with E-state index in [1.807, 2.05) is 66.5 Å². The molecule has 5 nitrogen and oxygen atoms in total. The van der Waals surface area contributed by atoms with Crippen LogP contribution in [-0.2, 0) is 0 Å². The first-order chi connectivity index (χ1) is 12.1. The standard InChI is InChI=1S/C20H17N3O2/c1-14-16(20(24)23(21-14)15-8-4-3-5-9-15)12-13-19-22(2)17-10-6-7-11-18(17)25-19/h3-13,21H,1H2,2H3/b16-12-,19-13+. The molecule has 1 N–H and O–H groups in total. The summed E-state index contributed by atoms with van der Waals surface area (Å²) < 4.78 is 7.32. The Bertz CT molecular complexity index is 1120. The summed E-state index contributed by atoms with van der Waals surface area (Å²) >= 11 is 0. The lowest BCUT2D eigenvalue weighted by Gasteiger charge is -2.09. The number of rotatable bonds is 2. The number of nitrogens with zero attached hydrogens (tertiary/aromatic N) is 2. The maximum absolute atomic E-state index is 12.7. The van der Waals surface area contributed by atoms with E-state index in [0.29, 0.717) is 16.5 Å². The lowest BCUT2D eigenvalue weighted by Crippen LogP contribution is -2.33. The summed E-state index contributed by atoms with van der Waals surface area (Å²) in [4.78, 5) is 14.6. The van der Waals surface area contributed by atoms with Crippen LogP contribution in [0.15, 0.2) is 71.4 Å². The normalized spacial score (nSPS) is 15.5. The number of para-hydroxylation sites is 3. The van der Waals surface area contributed by atoms with Gasteiger partial charge in [-0.1, -0.05) is 36.9 Å². The monoisotopic (exact) mass is 331 g/mol. The van der Waals surface area contributed by atoms with Crippen LogP contribution in [0.1, 0.15) is 0 Å².